The molecule has 1 aliphatic heterocycles. The van der Waals surface area contributed by atoms with Gasteiger partial charge in [0.1, 0.15) is 0 Å². The molecule has 2 radical (unpaired) electrons. The number of amides is 1. The molecule has 0 saturated carbocycles. The summed E-state index contributed by atoms with van der Waals surface area (Å²) >= 11 is 1.57. The van der Waals surface area contributed by atoms with E-state index in [1.165, 1.54) is 11.8 Å². The fraction of sp³-hybridized carbons (Fsp3) is 0.600. The summed E-state index contributed by atoms with van der Waals surface area (Å²) in [7, 11) is 5.71. The summed E-state index contributed by atoms with van der Waals surface area (Å²) in [5, 5.41) is 3.40. The highest BCUT2D eigenvalue weighted by Crippen LogP contribution is 2.32. The Morgan fingerprint density at radius 3 is 2.94 bits per heavy atom. The molecule has 0 aliphatic carbocycles. The van der Waals surface area contributed by atoms with E-state index in [9.17, 15) is 4.79 Å². The molecule has 1 saturated heterocycles. The summed E-state index contributed by atoms with van der Waals surface area (Å²) in [6, 6.07) is 0. The third-order valence-corrected chi connectivity index (χ3v) is 3.81. The van der Waals surface area contributed by atoms with Crippen LogP contribution in [0.2, 0.25) is 0 Å². The van der Waals surface area contributed by atoms with Crippen LogP contribution < -0.4 is 5.32 Å². The van der Waals surface area contributed by atoms with Crippen molar-refractivity contribution >= 4 is 30.4 Å². The molecule has 0 atom stereocenters. The van der Waals surface area contributed by atoms with Crippen LogP contribution >= 0.6 is 11.3 Å². The topological polar surface area (TPSA) is 45.2 Å². The van der Waals surface area contributed by atoms with E-state index in [-0.39, 0.29) is 5.91 Å². The zero-order chi connectivity index (χ0) is 11.5. The van der Waals surface area contributed by atoms with Crippen LogP contribution in [-0.2, 0) is 4.79 Å². The van der Waals surface area contributed by atoms with Crippen molar-refractivity contribution in [3.63, 3.8) is 0 Å². The molecular formula is C10H14BN3OS. The molecule has 16 heavy (non-hydrogen) atoms. The van der Waals surface area contributed by atoms with Crippen molar-refractivity contribution in [1.29, 1.82) is 0 Å². The Bertz CT molecular complexity index is 374. The first kappa shape index (κ1) is 11.6. The number of aromatic nitrogens is 1. The Morgan fingerprint density at radius 1 is 1.62 bits per heavy atom. The minimum absolute atomic E-state index is 0.0716. The van der Waals surface area contributed by atoms with Crippen LogP contribution in [0.1, 0.15) is 30.6 Å². The molecule has 4 nitrogen and oxygen atoms in total. The second-order valence-corrected chi connectivity index (χ2v) is 5.12. The molecule has 2 rings (SSSR count). The lowest BCUT2D eigenvalue weighted by Crippen LogP contribution is -2.30. The predicted molar refractivity (Wildman–Crippen MR) is 65.7 cm³/mol. The lowest BCUT2D eigenvalue weighted by Gasteiger charge is -2.28. The molecule has 0 spiro atoms. The summed E-state index contributed by atoms with van der Waals surface area (Å²) in [6.45, 7) is 3.35. The monoisotopic (exact) mass is 235 g/mol. The van der Waals surface area contributed by atoms with Gasteiger partial charge in [-0.3, -0.25) is 4.79 Å². The largest absolute Gasteiger partial charge is 0.353 e. The van der Waals surface area contributed by atoms with Gasteiger partial charge in [0.2, 0.25) is 5.91 Å². The van der Waals surface area contributed by atoms with Crippen LogP contribution in [0.4, 0.5) is 5.13 Å². The van der Waals surface area contributed by atoms with Gasteiger partial charge in [0.05, 0.1) is 0 Å². The maximum atomic E-state index is 10.9. The molecule has 0 bridgehead atoms. The summed E-state index contributed by atoms with van der Waals surface area (Å²) in [6.07, 6.45) is 4.00. The van der Waals surface area contributed by atoms with Crippen LogP contribution in [0.25, 0.3) is 0 Å². The average Bonchev–Trinajstić information content (AvgIpc) is 2.66. The summed E-state index contributed by atoms with van der Waals surface area (Å²) in [5.74, 6) is 0.470. The van der Waals surface area contributed by atoms with Crippen molar-refractivity contribution in [3.8, 4) is 0 Å². The molecule has 0 aromatic carbocycles. The average molecular weight is 235 g/mol. The first-order valence-corrected chi connectivity index (χ1v) is 6.20. The van der Waals surface area contributed by atoms with Crippen LogP contribution in [0.5, 0.6) is 0 Å². The van der Waals surface area contributed by atoms with Crippen LogP contribution in [-0.4, -0.2) is 36.8 Å². The van der Waals surface area contributed by atoms with Crippen molar-refractivity contribution in [1.82, 2.24) is 9.79 Å². The maximum absolute atomic E-state index is 10.9. The molecular weight excluding hydrogens is 221 g/mol. The third-order valence-electron chi connectivity index (χ3n) is 2.74. The molecule has 6 heteroatoms. The van der Waals surface area contributed by atoms with Crippen molar-refractivity contribution < 1.29 is 4.79 Å². The number of anilines is 1. The standard InChI is InChI=1S/C10H14BN3OS/c1-7(15)13-10-12-6-9(16-10)8-2-4-14(11)5-3-8/h6,8H,2-5H2,1H3,(H,12,13,15). The SMILES string of the molecule is [B]N1CCC(c2cnc(NC(C)=O)s2)CC1. The van der Waals surface area contributed by atoms with E-state index in [1.54, 1.807) is 11.3 Å². The molecule has 84 valence electrons. The van der Waals surface area contributed by atoms with Crippen LogP contribution in [0, 0.1) is 0 Å². The first-order valence-electron chi connectivity index (χ1n) is 5.38. The second-order valence-electron chi connectivity index (χ2n) is 4.06. The number of hydrogen-bond acceptors (Lipinski definition) is 4. The molecule has 2 heterocycles. The molecule has 0 unspecified atom stereocenters. The van der Waals surface area contributed by atoms with Crippen molar-refractivity contribution in [3.05, 3.63) is 11.1 Å². The summed E-state index contributed by atoms with van der Waals surface area (Å²) in [5.41, 5.74) is 0. The second kappa shape index (κ2) is 4.97. The highest BCUT2D eigenvalue weighted by atomic mass is 32.1. The Balaban J connectivity index is 1.99. The normalized spacial score (nSPS) is 18.6. The van der Waals surface area contributed by atoms with E-state index in [4.69, 9.17) is 7.98 Å². The molecule has 1 aromatic heterocycles. The molecule has 1 fully saturated rings. The van der Waals surface area contributed by atoms with Crippen molar-refractivity contribution in [2.45, 2.75) is 25.7 Å². The Hall–Kier alpha value is -0.875. The van der Waals surface area contributed by atoms with Gasteiger partial charge in [-0.15, -0.1) is 11.3 Å². The number of carbonyl (C=O) groups is 1. The first-order chi connectivity index (χ1) is 7.65. The Morgan fingerprint density at radius 2 is 2.31 bits per heavy atom. The number of thiazole rings is 1. The van der Waals surface area contributed by atoms with Gasteiger partial charge in [-0.05, 0) is 31.8 Å². The zero-order valence-corrected chi connectivity index (χ0v) is 10.1. The molecule has 1 amide bonds. The number of nitrogens with zero attached hydrogens (tertiary/aromatic N) is 2. The van der Waals surface area contributed by atoms with Crippen LogP contribution in [0.3, 0.4) is 0 Å². The maximum Gasteiger partial charge on any atom is 0.223 e. The fourth-order valence-electron chi connectivity index (χ4n) is 1.87. The van der Waals surface area contributed by atoms with Gasteiger partial charge < -0.3 is 10.1 Å². The number of nitrogens with one attached hydrogen (secondary N) is 1. The molecule has 1 aliphatic rings. The van der Waals surface area contributed by atoms with E-state index < -0.39 is 0 Å². The van der Waals surface area contributed by atoms with Gasteiger partial charge in [-0.2, -0.15) is 0 Å². The highest BCUT2D eigenvalue weighted by Gasteiger charge is 2.20. The highest BCUT2D eigenvalue weighted by molar-refractivity contribution is 7.15. The van der Waals surface area contributed by atoms with Gasteiger partial charge in [-0.25, -0.2) is 4.98 Å². The van der Waals surface area contributed by atoms with Crippen molar-refractivity contribution in [2.24, 2.45) is 0 Å². The number of carbonyl (C=O) groups excluding carboxylic acids is 1. The van der Waals surface area contributed by atoms with Gasteiger partial charge in [0, 0.05) is 18.0 Å². The van der Waals surface area contributed by atoms with E-state index in [1.807, 2.05) is 11.0 Å². The summed E-state index contributed by atoms with van der Waals surface area (Å²) in [4.78, 5) is 18.2. The minimum Gasteiger partial charge on any atom is -0.353 e. The minimum atomic E-state index is -0.0716. The Labute approximate surface area is 100 Å². The van der Waals surface area contributed by atoms with E-state index in [0.717, 1.165) is 25.9 Å². The zero-order valence-electron chi connectivity index (χ0n) is 9.27. The lowest BCUT2D eigenvalue weighted by molar-refractivity contribution is -0.114. The quantitative estimate of drug-likeness (QED) is 0.787. The molecule has 1 aromatic rings. The van der Waals surface area contributed by atoms with Gasteiger partial charge in [-0.1, -0.05) is 0 Å². The Kier molecular flexibility index (Phi) is 3.61. The fourth-order valence-corrected chi connectivity index (χ4v) is 2.90. The molecule has 1 N–H and O–H groups in total. The number of piperidine rings is 1. The predicted octanol–water partition coefficient (Wildman–Crippen LogP) is 1.36. The van der Waals surface area contributed by atoms with E-state index in [2.05, 4.69) is 10.3 Å². The van der Waals surface area contributed by atoms with Gasteiger partial charge in [0.25, 0.3) is 0 Å². The van der Waals surface area contributed by atoms with Crippen molar-refractivity contribution in [2.75, 3.05) is 18.4 Å². The number of hydrogen-bond donors (Lipinski definition) is 1. The summed E-state index contributed by atoms with van der Waals surface area (Å²) < 4.78 is 0. The number of rotatable bonds is 2. The third kappa shape index (κ3) is 2.83. The van der Waals surface area contributed by atoms with E-state index >= 15 is 0 Å². The smallest absolute Gasteiger partial charge is 0.223 e. The lowest BCUT2D eigenvalue weighted by atomic mass is 9.94. The van der Waals surface area contributed by atoms with E-state index in [0.29, 0.717) is 11.0 Å². The van der Waals surface area contributed by atoms with Gasteiger partial charge >= 0.3 is 0 Å². The van der Waals surface area contributed by atoms with Crippen LogP contribution in [0.15, 0.2) is 6.20 Å². The van der Waals surface area contributed by atoms with Gasteiger partial charge in [0.15, 0.2) is 13.1 Å².